The van der Waals surface area contributed by atoms with E-state index in [2.05, 4.69) is 24.1 Å². The van der Waals surface area contributed by atoms with Crippen LogP contribution in [-0.2, 0) is 14.3 Å². The Balaban J connectivity index is 2.44. The van der Waals surface area contributed by atoms with Gasteiger partial charge in [0.2, 0.25) is 0 Å². The van der Waals surface area contributed by atoms with Crippen LogP contribution in [0.2, 0.25) is 0 Å². The molecule has 1 heterocycles. The Kier molecular flexibility index (Phi) is 6.75. The van der Waals surface area contributed by atoms with Crippen LogP contribution in [0.4, 0.5) is 0 Å². The largest absolute Gasteiger partial charge is 0.468 e. The van der Waals surface area contributed by atoms with E-state index < -0.39 is 0 Å². The average molecular weight is 272 g/mol. The summed E-state index contributed by atoms with van der Waals surface area (Å²) in [5.41, 5.74) is 0. The van der Waals surface area contributed by atoms with Gasteiger partial charge in [0, 0.05) is 25.7 Å². The number of methoxy groups -OCH3 is 1. The number of nitrogens with one attached hydrogen (secondary N) is 1. The predicted molar refractivity (Wildman–Crippen MR) is 75.1 cm³/mol. The summed E-state index contributed by atoms with van der Waals surface area (Å²) in [5, 5.41) is 3.26. The Bertz CT molecular complexity index is 274. The molecular weight excluding hydrogens is 244 g/mol. The molecule has 19 heavy (non-hydrogen) atoms. The summed E-state index contributed by atoms with van der Waals surface area (Å²) in [6, 6.07) is 0.0464. The molecule has 1 fully saturated rings. The summed E-state index contributed by atoms with van der Waals surface area (Å²) in [4.78, 5) is 14.1. The average Bonchev–Trinajstić information content (AvgIpc) is 2.31. The Morgan fingerprint density at radius 1 is 1.37 bits per heavy atom. The Morgan fingerprint density at radius 2 is 1.95 bits per heavy atom. The number of rotatable bonds is 6. The van der Waals surface area contributed by atoms with Crippen LogP contribution in [0.15, 0.2) is 0 Å². The second-order valence-electron chi connectivity index (χ2n) is 5.70. The van der Waals surface area contributed by atoms with Crippen molar-refractivity contribution in [2.24, 2.45) is 0 Å². The highest BCUT2D eigenvalue weighted by Gasteiger charge is 2.25. The van der Waals surface area contributed by atoms with Gasteiger partial charge in [0.1, 0.15) is 6.04 Å². The molecule has 1 N–H and O–H groups in total. The molecule has 0 saturated carbocycles. The van der Waals surface area contributed by atoms with Crippen LogP contribution >= 0.6 is 0 Å². The molecule has 1 unspecified atom stereocenters. The Hall–Kier alpha value is -0.650. The van der Waals surface area contributed by atoms with Crippen molar-refractivity contribution in [3.8, 4) is 0 Å². The van der Waals surface area contributed by atoms with Crippen molar-refractivity contribution in [2.45, 2.75) is 58.4 Å². The standard InChI is InChI=1S/C14H28N2O3/c1-10(2)15-13(14(17)18-5)6-7-16-8-11(3)19-12(4)9-16/h10-13,15H,6-9H2,1-5H3/t11-,12+,13?. The van der Waals surface area contributed by atoms with Gasteiger partial charge in [0.25, 0.3) is 0 Å². The number of carbonyl (C=O) groups excluding carboxylic acids is 1. The third-order valence-electron chi connectivity index (χ3n) is 3.25. The molecule has 0 bridgehead atoms. The van der Waals surface area contributed by atoms with Crippen LogP contribution in [0.5, 0.6) is 0 Å². The molecule has 0 amide bonds. The summed E-state index contributed by atoms with van der Waals surface area (Å²) >= 11 is 0. The second-order valence-corrected chi connectivity index (χ2v) is 5.70. The highest BCUT2D eigenvalue weighted by atomic mass is 16.5. The number of nitrogens with zero attached hydrogens (tertiary/aromatic N) is 1. The minimum atomic E-state index is -0.224. The third-order valence-corrected chi connectivity index (χ3v) is 3.25. The molecule has 5 heteroatoms. The van der Waals surface area contributed by atoms with E-state index in [1.165, 1.54) is 7.11 Å². The van der Waals surface area contributed by atoms with Crippen LogP contribution in [0.3, 0.4) is 0 Å². The summed E-state index contributed by atoms with van der Waals surface area (Å²) in [6.07, 6.45) is 1.29. The summed E-state index contributed by atoms with van der Waals surface area (Å²) < 4.78 is 10.6. The van der Waals surface area contributed by atoms with Gasteiger partial charge in [-0.25, -0.2) is 0 Å². The fraction of sp³-hybridized carbons (Fsp3) is 0.929. The number of ether oxygens (including phenoxy) is 2. The minimum absolute atomic E-state index is 0.178. The van der Waals surface area contributed by atoms with E-state index in [1.807, 2.05) is 13.8 Å². The molecule has 0 radical (unpaired) electrons. The van der Waals surface area contributed by atoms with Crippen LogP contribution in [-0.4, -0.2) is 61.9 Å². The molecule has 1 rings (SSSR count). The molecule has 0 aliphatic carbocycles. The topological polar surface area (TPSA) is 50.8 Å². The molecule has 3 atom stereocenters. The first-order chi connectivity index (χ1) is 8.92. The predicted octanol–water partition coefficient (Wildman–Crippen LogP) is 1.03. The molecule has 0 spiro atoms. The fourth-order valence-corrected chi connectivity index (χ4v) is 2.59. The number of hydrogen-bond acceptors (Lipinski definition) is 5. The third kappa shape index (κ3) is 5.89. The molecule has 0 aromatic heterocycles. The van der Waals surface area contributed by atoms with Gasteiger partial charge in [-0.1, -0.05) is 13.8 Å². The number of hydrogen-bond donors (Lipinski definition) is 1. The van der Waals surface area contributed by atoms with Gasteiger partial charge in [-0.2, -0.15) is 0 Å². The highest BCUT2D eigenvalue weighted by molar-refractivity contribution is 5.75. The van der Waals surface area contributed by atoms with E-state index in [-0.39, 0.29) is 30.3 Å². The quantitative estimate of drug-likeness (QED) is 0.732. The Morgan fingerprint density at radius 3 is 2.42 bits per heavy atom. The monoisotopic (exact) mass is 272 g/mol. The number of morpholine rings is 1. The van der Waals surface area contributed by atoms with Crippen molar-refractivity contribution in [1.29, 1.82) is 0 Å². The Labute approximate surface area is 116 Å². The van der Waals surface area contributed by atoms with E-state index in [1.54, 1.807) is 0 Å². The first-order valence-corrected chi connectivity index (χ1v) is 7.14. The summed E-state index contributed by atoms with van der Waals surface area (Å²) in [5.74, 6) is -0.178. The van der Waals surface area contributed by atoms with Gasteiger partial charge in [0.15, 0.2) is 0 Å². The van der Waals surface area contributed by atoms with E-state index in [4.69, 9.17) is 9.47 Å². The molecular formula is C14H28N2O3. The van der Waals surface area contributed by atoms with Crippen molar-refractivity contribution in [1.82, 2.24) is 10.2 Å². The molecule has 1 aliphatic rings. The van der Waals surface area contributed by atoms with E-state index >= 15 is 0 Å². The van der Waals surface area contributed by atoms with Crippen molar-refractivity contribution in [2.75, 3.05) is 26.7 Å². The van der Waals surface area contributed by atoms with Gasteiger partial charge in [-0.05, 0) is 20.3 Å². The molecule has 112 valence electrons. The van der Waals surface area contributed by atoms with Crippen LogP contribution in [0, 0.1) is 0 Å². The molecule has 5 nitrogen and oxygen atoms in total. The lowest BCUT2D eigenvalue weighted by molar-refractivity contribution is -0.143. The van der Waals surface area contributed by atoms with Gasteiger partial charge in [-0.15, -0.1) is 0 Å². The van der Waals surface area contributed by atoms with Crippen molar-refractivity contribution >= 4 is 5.97 Å². The highest BCUT2D eigenvalue weighted by Crippen LogP contribution is 2.11. The number of esters is 1. The maximum atomic E-state index is 11.7. The fourth-order valence-electron chi connectivity index (χ4n) is 2.59. The smallest absolute Gasteiger partial charge is 0.322 e. The van der Waals surface area contributed by atoms with Gasteiger partial charge in [-0.3, -0.25) is 9.69 Å². The van der Waals surface area contributed by atoms with Crippen LogP contribution < -0.4 is 5.32 Å². The lowest BCUT2D eigenvalue weighted by atomic mass is 10.1. The first kappa shape index (κ1) is 16.4. The summed E-state index contributed by atoms with van der Waals surface area (Å²) in [6.45, 7) is 11.0. The van der Waals surface area contributed by atoms with Crippen LogP contribution in [0.1, 0.15) is 34.1 Å². The zero-order valence-electron chi connectivity index (χ0n) is 12.8. The minimum Gasteiger partial charge on any atom is -0.468 e. The van der Waals surface area contributed by atoms with Crippen molar-refractivity contribution in [3.05, 3.63) is 0 Å². The van der Waals surface area contributed by atoms with Crippen molar-refractivity contribution < 1.29 is 14.3 Å². The normalized spacial score (nSPS) is 26.4. The molecule has 1 saturated heterocycles. The van der Waals surface area contributed by atoms with E-state index in [0.29, 0.717) is 0 Å². The van der Waals surface area contributed by atoms with Gasteiger partial charge in [0.05, 0.1) is 19.3 Å². The van der Waals surface area contributed by atoms with Gasteiger partial charge < -0.3 is 14.8 Å². The maximum Gasteiger partial charge on any atom is 0.322 e. The number of carbonyl (C=O) groups is 1. The molecule has 0 aromatic rings. The lowest BCUT2D eigenvalue weighted by Crippen LogP contribution is -2.48. The SMILES string of the molecule is COC(=O)C(CCN1C[C@@H](C)O[C@@H](C)C1)NC(C)C. The van der Waals surface area contributed by atoms with Crippen molar-refractivity contribution in [3.63, 3.8) is 0 Å². The lowest BCUT2D eigenvalue weighted by Gasteiger charge is -2.36. The summed E-state index contributed by atoms with van der Waals surface area (Å²) in [7, 11) is 1.44. The van der Waals surface area contributed by atoms with E-state index in [9.17, 15) is 4.79 Å². The maximum absolute atomic E-state index is 11.7. The zero-order chi connectivity index (χ0) is 14.4. The van der Waals surface area contributed by atoms with Gasteiger partial charge >= 0.3 is 5.97 Å². The zero-order valence-corrected chi connectivity index (χ0v) is 12.8. The first-order valence-electron chi connectivity index (χ1n) is 7.14. The van der Waals surface area contributed by atoms with Crippen LogP contribution in [0.25, 0.3) is 0 Å². The molecule has 1 aliphatic heterocycles. The van der Waals surface area contributed by atoms with E-state index in [0.717, 1.165) is 26.1 Å². The second kappa shape index (κ2) is 7.82. The molecule has 0 aromatic carbocycles.